The lowest BCUT2D eigenvalue weighted by molar-refractivity contribution is 1.07. The third-order valence-electron chi connectivity index (χ3n) is 11.0. The van der Waals surface area contributed by atoms with Crippen LogP contribution in [0.15, 0.2) is 170 Å². The second-order valence-electron chi connectivity index (χ2n) is 13.9. The number of aromatic nitrogens is 4. The summed E-state index contributed by atoms with van der Waals surface area (Å²) < 4.78 is 4.92. The van der Waals surface area contributed by atoms with E-state index in [1.54, 1.807) is 0 Å². The third-order valence-corrected chi connectivity index (χ3v) is 12.1. The number of benzene rings is 8. The molecule has 5 heteroatoms. The van der Waals surface area contributed by atoms with Gasteiger partial charge >= 0.3 is 0 Å². The highest BCUT2D eigenvalue weighted by Crippen LogP contribution is 2.50. The molecule has 0 unspecified atom stereocenters. The first-order chi connectivity index (χ1) is 26.8. The molecule has 11 aromatic rings. The second kappa shape index (κ2) is 11.3. The molecule has 54 heavy (non-hydrogen) atoms. The lowest BCUT2D eigenvalue weighted by atomic mass is 9.93. The first-order valence-electron chi connectivity index (χ1n) is 18.2. The Bertz CT molecular complexity index is 3270. The van der Waals surface area contributed by atoms with E-state index in [0.717, 1.165) is 33.4 Å². The first kappa shape index (κ1) is 29.6. The molecule has 0 saturated carbocycles. The van der Waals surface area contributed by atoms with Crippen molar-refractivity contribution in [3.8, 4) is 62.1 Å². The molecule has 0 aliphatic heterocycles. The minimum atomic E-state index is 0.641. The van der Waals surface area contributed by atoms with Crippen LogP contribution in [0.25, 0.3) is 115 Å². The molecule has 12 rings (SSSR count). The molecule has 4 nitrogen and oxygen atoms in total. The Morgan fingerprint density at radius 2 is 0.963 bits per heavy atom. The zero-order chi connectivity index (χ0) is 35.3. The Morgan fingerprint density at radius 1 is 0.370 bits per heavy atom. The average molecular weight is 705 g/mol. The lowest BCUT2D eigenvalue weighted by Gasteiger charge is -2.17. The Hall–Kier alpha value is -6.95. The van der Waals surface area contributed by atoms with Crippen molar-refractivity contribution in [1.82, 2.24) is 19.5 Å². The summed E-state index contributed by atoms with van der Waals surface area (Å²) in [5, 5.41) is 7.54. The summed E-state index contributed by atoms with van der Waals surface area (Å²) in [6.45, 7) is 0. The van der Waals surface area contributed by atoms with Crippen molar-refractivity contribution in [2.45, 2.75) is 0 Å². The number of rotatable bonds is 4. The molecule has 0 N–H and O–H groups in total. The summed E-state index contributed by atoms with van der Waals surface area (Å²) in [6, 6.07) is 60.8. The molecule has 0 bridgehead atoms. The van der Waals surface area contributed by atoms with E-state index in [1.807, 2.05) is 47.7 Å². The van der Waals surface area contributed by atoms with Crippen molar-refractivity contribution < 1.29 is 0 Å². The fraction of sp³-hybridized carbons (Fsp3) is 0. The van der Waals surface area contributed by atoms with E-state index in [0.29, 0.717) is 17.5 Å². The summed E-state index contributed by atoms with van der Waals surface area (Å²) >= 11 is 1.81. The molecule has 0 fully saturated rings. The number of hydrogen-bond acceptors (Lipinski definition) is 4. The van der Waals surface area contributed by atoms with E-state index >= 15 is 0 Å². The van der Waals surface area contributed by atoms with Crippen LogP contribution in [0.2, 0.25) is 0 Å². The van der Waals surface area contributed by atoms with Crippen LogP contribution in [0, 0.1) is 0 Å². The van der Waals surface area contributed by atoms with Crippen LogP contribution in [0.1, 0.15) is 0 Å². The molecule has 1 aliphatic rings. The van der Waals surface area contributed by atoms with Gasteiger partial charge in [-0.1, -0.05) is 140 Å². The van der Waals surface area contributed by atoms with Gasteiger partial charge in [0.1, 0.15) is 0 Å². The highest BCUT2D eigenvalue weighted by atomic mass is 32.1. The predicted molar refractivity (Wildman–Crippen MR) is 225 cm³/mol. The Balaban J connectivity index is 1.25. The Morgan fingerprint density at radius 3 is 1.70 bits per heavy atom. The highest BCUT2D eigenvalue weighted by molar-refractivity contribution is 7.25. The summed E-state index contributed by atoms with van der Waals surface area (Å²) in [5.41, 5.74) is 11.2. The first-order valence-corrected chi connectivity index (χ1v) is 19.0. The fourth-order valence-corrected chi connectivity index (χ4v) is 9.77. The van der Waals surface area contributed by atoms with Gasteiger partial charge in [-0.15, -0.1) is 11.3 Å². The van der Waals surface area contributed by atoms with Crippen molar-refractivity contribution in [2.75, 3.05) is 0 Å². The quantitative estimate of drug-likeness (QED) is 0.183. The maximum absolute atomic E-state index is 5.28. The van der Waals surface area contributed by atoms with Crippen LogP contribution >= 0.6 is 11.3 Å². The number of hydrogen-bond donors (Lipinski definition) is 0. The minimum absolute atomic E-state index is 0.641. The summed E-state index contributed by atoms with van der Waals surface area (Å²) in [6.07, 6.45) is 0. The maximum Gasteiger partial charge on any atom is 0.166 e. The molecule has 8 aromatic carbocycles. The van der Waals surface area contributed by atoms with Crippen molar-refractivity contribution in [3.05, 3.63) is 170 Å². The van der Waals surface area contributed by atoms with Crippen LogP contribution in [-0.2, 0) is 0 Å². The van der Waals surface area contributed by atoms with Gasteiger partial charge in [0.2, 0.25) is 0 Å². The van der Waals surface area contributed by atoms with Gasteiger partial charge in [-0.3, -0.25) is 0 Å². The van der Waals surface area contributed by atoms with Crippen LogP contribution in [-0.4, -0.2) is 19.5 Å². The number of fused-ring (bicyclic) bond motifs is 6. The van der Waals surface area contributed by atoms with Gasteiger partial charge in [0.15, 0.2) is 17.5 Å². The topological polar surface area (TPSA) is 43.6 Å². The average Bonchev–Trinajstić information content (AvgIpc) is 3.74. The zero-order valence-corrected chi connectivity index (χ0v) is 29.7. The van der Waals surface area contributed by atoms with E-state index < -0.39 is 0 Å². The molecule has 1 aliphatic carbocycles. The lowest BCUT2D eigenvalue weighted by Crippen LogP contribution is -2.04. The second-order valence-corrected chi connectivity index (χ2v) is 15.0. The maximum atomic E-state index is 5.28. The molecule has 0 saturated heterocycles. The zero-order valence-electron chi connectivity index (χ0n) is 28.9. The normalized spacial score (nSPS) is 12.1. The Labute approximate surface area is 314 Å². The molecule has 250 valence electrons. The Kier molecular flexibility index (Phi) is 6.18. The van der Waals surface area contributed by atoms with E-state index in [9.17, 15) is 0 Å². The minimum Gasteiger partial charge on any atom is -0.308 e. The molecule has 3 aromatic heterocycles. The van der Waals surface area contributed by atoms with Crippen LogP contribution in [0.4, 0.5) is 0 Å². The van der Waals surface area contributed by atoms with Gasteiger partial charge in [0.25, 0.3) is 0 Å². The van der Waals surface area contributed by atoms with Crippen molar-refractivity contribution in [3.63, 3.8) is 0 Å². The molecule has 0 spiro atoms. The van der Waals surface area contributed by atoms with Crippen LogP contribution in [0.5, 0.6) is 0 Å². The van der Waals surface area contributed by atoms with Crippen molar-refractivity contribution in [1.29, 1.82) is 0 Å². The molecule has 3 heterocycles. The van der Waals surface area contributed by atoms with Crippen molar-refractivity contribution >= 4 is 64.1 Å². The van der Waals surface area contributed by atoms with E-state index in [2.05, 4.69) is 138 Å². The molecule has 0 amide bonds. The summed E-state index contributed by atoms with van der Waals surface area (Å²) in [4.78, 5) is 15.6. The molecule has 0 atom stereocenters. The summed E-state index contributed by atoms with van der Waals surface area (Å²) in [7, 11) is 0. The SMILES string of the molecule is c1ccc(-c2nc(-c3ccccc3)nc(-c3cc4sc5ccccc5c4cc3-n3c4cccc5c4c4c6c(cccc6ccc43)-c3ccccc3-5)n2)cc1. The monoisotopic (exact) mass is 704 g/mol. The van der Waals surface area contributed by atoms with Gasteiger partial charge in [-0.25, -0.2) is 15.0 Å². The van der Waals surface area contributed by atoms with E-state index in [4.69, 9.17) is 15.0 Å². The van der Waals surface area contributed by atoms with E-state index in [1.165, 1.54) is 64.0 Å². The smallest absolute Gasteiger partial charge is 0.166 e. The summed E-state index contributed by atoms with van der Waals surface area (Å²) in [5.74, 6) is 1.93. The molecular formula is C49H28N4S. The van der Waals surface area contributed by atoms with Crippen molar-refractivity contribution in [2.24, 2.45) is 0 Å². The standard InChI is InChI=1S/C49H28N4S/c1-3-13-30(14-4-1)47-50-48(31-15-5-2-6-16-31)52-49(51-47)38-28-43-37(34-20-9-10-24-42(34)54-43)27-41(38)53-39-23-12-22-36-33-19-8-7-18-32(33)35-21-11-17-29-25-26-40(53)46(44(29)35)45(36)39/h1-28H. The largest absolute Gasteiger partial charge is 0.308 e. The number of thiophene rings is 1. The fourth-order valence-electron chi connectivity index (χ4n) is 8.64. The van der Waals surface area contributed by atoms with Gasteiger partial charge in [-0.05, 0) is 63.4 Å². The molecule has 0 radical (unpaired) electrons. The van der Waals surface area contributed by atoms with E-state index in [-0.39, 0.29) is 0 Å². The van der Waals surface area contributed by atoms with Gasteiger partial charge in [-0.2, -0.15) is 0 Å². The van der Waals surface area contributed by atoms with Gasteiger partial charge in [0.05, 0.1) is 16.7 Å². The van der Waals surface area contributed by atoms with Crippen LogP contribution < -0.4 is 0 Å². The predicted octanol–water partition coefficient (Wildman–Crippen LogP) is 13.1. The van der Waals surface area contributed by atoms with Gasteiger partial charge in [0, 0.05) is 47.6 Å². The third kappa shape index (κ3) is 4.21. The number of nitrogens with zero attached hydrogens (tertiary/aromatic N) is 4. The molecular weight excluding hydrogens is 677 g/mol. The van der Waals surface area contributed by atoms with Gasteiger partial charge < -0.3 is 4.57 Å². The highest BCUT2D eigenvalue weighted by Gasteiger charge is 2.27. The van der Waals surface area contributed by atoms with Crippen LogP contribution in [0.3, 0.4) is 0 Å².